The van der Waals surface area contributed by atoms with Crippen LogP contribution in [0, 0.1) is 6.92 Å². The van der Waals surface area contributed by atoms with Crippen molar-refractivity contribution in [1.29, 1.82) is 0 Å². The number of rotatable bonds is 5. The van der Waals surface area contributed by atoms with E-state index in [0.717, 1.165) is 25.5 Å². The fourth-order valence-corrected chi connectivity index (χ4v) is 4.36. The molecule has 0 radical (unpaired) electrons. The second-order valence-corrected chi connectivity index (χ2v) is 7.06. The molecule has 0 saturated carbocycles. The van der Waals surface area contributed by atoms with Crippen LogP contribution in [0.5, 0.6) is 0 Å². The van der Waals surface area contributed by atoms with Crippen molar-refractivity contribution in [3.8, 4) is 0 Å². The van der Waals surface area contributed by atoms with Crippen molar-refractivity contribution in [2.75, 3.05) is 13.1 Å². The molecule has 128 valence electrons. The molecule has 2 saturated heterocycles. The Morgan fingerprint density at radius 1 is 0.958 bits per heavy atom. The molecular weight excluding hydrogens is 300 g/mol. The summed E-state index contributed by atoms with van der Waals surface area (Å²) in [6.45, 7) is 6.07. The summed E-state index contributed by atoms with van der Waals surface area (Å²) in [5.41, 5.74) is 1.42. The van der Waals surface area contributed by atoms with E-state index in [0.29, 0.717) is 18.0 Å². The van der Waals surface area contributed by atoms with E-state index in [1.165, 1.54) is 37.8 Å². The Balaban J connectivity index is 1.44. The second-order valence-electron chi connectivity index (χ2n) is 7.06. The molecule has 1 aromatic carbocycles. The zero-order chi connectivity index (χ0) is 16.4. The van der Waals surface area contributed by atoms with Gasteiger partial charge in [0.15, 0.2) is 0 Å². The lowest BCUT2D eigenvalue weighted by Gasteiger charge is -2.34. The molecule has 0 N–H and O–H groups in total. The molecule has 4 rings (SSSR count). The van der Waals surface area contributed by atoms with Crippen LogP contribution in [0.3, 0.4) is 0 Å². The van der Waals surface area contributed by atoms with Crippen LogP contribution >= 0.6 is 0 Å². The third-order valence-corrected chi connectivity index (χ3v) is 5.41. The number of aryl methyl sites for hydroxylation is 1. The van der Waals surface area contributed by atoms with Gasteiger partial charge in [-0.05, 0) is 44.3 Å². The molecule has 0 amide bonds. The molecule has 2 fully saturated rings. The molecule has 24 heavy (non-hydrogen) atoms. The summed E-state index contributed by atoms with van der Waals surface area (Å²) in [7, 11) is 0. The minimum Gasteiger partial charge on any atom is -0.424 e. The Kier molecular flexibility index (Phi) is 4.63. The average Bonchev–Trinajstić information content (AvgIpc) is 3.31. The molecule has 2 aromatic rings. The van der Waals surface area contributed by atoms with Crippen molar-refractivity contribution >= 4 is 0 Å². The van der Waals surface area contributed by atoms with E-state index in [4.69, 9.17) is 4.42 Å². The molecule has 2 aliphatic heterocycles. The summed E-state index contributed by atoms with van der Waals surface area (Å²) >= 11 is 0. The highest BCUT2D eigenvalue weighted by atomic mass is 16.4. The molecule has 2 atom stereocenters. The van der Waals surface area contributed by atoms with Gasteiger partial charge >= 0.3 is 0 Å². The van der Waals surface area contributed by atoms with E-state index in [-0.39, 0.29) is 0 Å². The maximum Gasteiger partial charge on any atom is 0.230 e. The zero-order valence-corrected chi connectivity index (χ0v) is 14.4. The highest BCUT2D eigenvalue weighted by molar-refractivity contribution is 5.15. The van der Waals surface area contributed by atoms with Crippen molar-refractivity contribution in [3.63, 3.8) is 0 Å². The molecule has 0 spiro atoms. The largest absolute Gasteiger partial charge is 0.424 e. The Morgan fingerprint density at radius 3 is 2.25 bits per heavy atom. The maximum absolute atomic E-state index is 5.60. The van der Waals surface area contributed by atoms with Crippen LogP contribution < -0.4 is 0 Å². The molecule has 0 aliphatic carbocycles. The van der Waals surface area contributed by atoms with Gasteiger partial charge in [-0.3, -0.25) is 9.80 Å². The molecule has 2 aliphatic rings. The topological polar surface area (TPSA) is 45.4 Å². The van der Waals surface area contributed by atoms with Gasteiger partial charge in [-0.2, -0.15) is 0 Å². The number of benzene rings is 1. The number of hydrogen-bond acceptors (Lipinski definition) is 5. The van der Waals surface area contributed by atoms with Gasteiger partial charge in [0.05, 0.1) is 6.54 Å². The predicted molar refractivity (Wildman–Crippen MR) is 92.3 cm³/mol. The van der Waals surface area contributed by atoms with Crippen molar-refractivity contribution in [1.82, 2.24) is 20.0 Å². The maximum atomic E-state index is 5.60. The molecule has 0 unspecified atom stereocenters. The first-order chi connectivity index (χ1) is 11.8. The van der Waals surface area contributed by atoms with Crippen molar-refractivity contribution in [2.45, 2.75) is 57.8 Å². The Labute approximate surface area is 143 Å². The summed E-state index contributed by atoms with van der Waals surface area (Å²) < 4.78 is 5.60. The first kappa shape index (κ1) is 15.8. The SMILES string of the molecule is Cc1nnc(CN2CCC[C@H]2[C@H]2CCCN2Cc2ccccc2)o1. The van der Waals surface area contributed by atoms with Gasteiger partial charge in [-0.15, -0.1) is 10.2 Å². The highest BCUT2D eigenvalue weighted by Crippen LogP contribution is 2.31. The van der Waals surface area contributed by atoms with Gasteiger partial charge in [0.2, 0.25) is 11.8 Å². The summed E-state index contributed by atoms with van der Waals surface area (Å²) in [6.07, 6.45) is 5.16. The van der Waals surface area contributed by atoms with Crippen LogP contribution in [-0.2, 0) is 13.1 Å². The second kappa shape index (κ2) is 7.03. The normalized spacial score (nSPS) is 25.5. The Bertz CT molecular complexity index is 656. The van der Waals surface area contributed by atoms with Crippen LogP contribution in [0.1, 0.15) is 43.0 Å². The van der Waals surface area contributed by atoms with Crippen LogP contribution in [0.25, 0.3) is 0 Å². The van der Waals surface area contributed by atoms with Gasteiger partial charge < -0.3 is 4.42 Å². The van der Waals surface area contributed by atoms with Crippen LogP contribution in [-0.4, -0.2) is 45.2 Å². The molecular formula is C19H26N4O. The van der Waals surface area contributed by atoms with Crippen LogP contribution in [0.4, 0.5) is 0 Å². The number of nitrogens with zero attached hydrogens (tertiary/aromatic N) is 4. The monoisotopic (exact) mass is 326 g/mol. The first-order valence-corrected chi connectivity index (χ1v) is 9.10. The molecule has 5 heteroatoms. The Morgan fingerprint density at radius 2 is 1.62 bits per heavy atom. The van der Waals surface area contributed by atoms with Crippen LogP contribution in [0.15, 0.2) is 34.7 Å². The first-order valence-electron chi connectivity index (χ1n) is 9.10. The quantitative estimate of drug-likeness (QED) is 0.845. The molecule has 5 nitrogen and oxygen atoms in total. The fourth-order valence-electron chi connectivity index (χ4n) is 4.36. The van der Waals surface area contributed by atoms with Crippen LogP contribution in [0.2, 0.25) is 0 Å². The van der Waals surface area contributed by atoms with E-state index in [1.807, 2.05) is 6.92 Å². The van der Waals surface area contributed by atoms with Gasteiger partial charge in [0, 0.05) is 25.6 Å². The Hall–Kier alpha value is -1.72. The third-order valence-electron chi connectivity index (χ3n) is 5.41. The van der Waals surface area contributed by atoms with E-state index < -0.39 is 0 Å². The number of hydrogen-bond donors (Lipinski definition) is 0. The van der Waals surface area contributed by atoms with Gasteiger partial charge in [0.25, 0.3) is 0 Å². The van der Waals surface area contributed by atoms with Gasteiger partial charge in [0.1, 0.15) is 0 Å². The summed E-state index contributed by atoms with van der Waals surface area (Å²) in [6, 6.07) is 12.1. The van der Waals surface area contributed by atoms with E-state index in [1.54, 1.807) is 0 Å². The molecule has 0 bridgehead atoms. The summed E-state index contributed by atoms with van der Waals surface area (Å²) in [4.78, 5) is 5.23. The minimum atomic E-state index is 0.614. The van der Waals surface area contributed by atoms with E-state index >= 15 is 0 Å². The zero-order valence-electron chi connectivity index (χ0n) is 14.4. The number of aromatic nitrogens is 2. The molecule has 1 aromatic heterocycles. The number of likely N-dealkylation sites (tertiary alicyclic amines) is 2. The van der Waals surface area contributed by atoms with Gasteiger partial charge in [-0.1, -0.05) is 30.3 Å². The highest BCUT2D eigenvalue weighted by Gasteiger charge is 2.38. The van der Waals surface area contributed by atoms with Gasteiger partial charge in [-0.25, -0.2) is 0 Å². The van der Waals surface area contributed by atoms with Crippen molar-refractivity contribution in [3.05, 3.63) is 47.7 Å². The predicted octanol–water partition coefficient (Wildman–Crippen LogP) is 3.01. The third kappa shape index (κ3) is 3.37. The summed E-state index contributed by atoms with van der Waals surface area (Å²) in [5, 5.41) is 8.15. The fraction of sp³-hybridized carbons (Fsp3) is 0.579. The lowest BCUT2D eigenvalue weighted by atomic mass is 10.0. The van der Waals surface area contributed by atoms with Crippen molar-refractivity contribution in [2.24, 2.45) is 0 Å². The summed E-state index contributed by atoms with van der Waals surface area (Å²) in [5.74, 6) is 1.42. The van der Waals surface area contributed by atoms with Crippen molar-refractivity contribution < 1.29 is 4.42 Å². The van der Waals surface area contributed by atoms with E-state index in [2.05, 4.69) is 50.3 Å². The lowest BCUT2D eigenvalue weighted by Crippen LogP contribution is -2.45. The van der Waals surface area contributed by atoms with E-state index in [9.17, 15) is 0 Å². The standard InChI is InChI=1S/C19H26N4O/c1-15-20-21-19(24-15)14-23-12-6-10-18(23)17-9-5-11-22(17)13-16-7-3-2-4-8-16/h2-4,7-8,17-18H,5-6,9-14H2,1H3/t17-,18+/m1/s1. The average molecular weight is 326 g/mol. The lowest BCUT2D eigenvalue weighted by molar-refractivity contribution is 0.117. The smallest absolute Gasteiger partial charge is 0.230 e. The minimum absolute atomic E-state index is 0.614. The molecule has 3 heterocycles.